The molecule has 0 saturated heterocycles. The number of amides is 1. The Bertz CT molecular complexity index is 759. The number of rotatable bonds is 3. The molecule has 0 aliphatic heterocycles. The van der Waals surface area contributed by atoms with Gasteiger partial charge >= 0.3 is 0 Å². The van der Waals surface area contributed by atoms with E-state index >= 15 is 0 Å². The van der Waals surface area contributed by atoms with Gasteiger partial charge in [0.05, 0.1) is 28.3 Å². The highest BCUT2D eigenvalue weighted by Gasteiger charge is 2.17. The summed E-state index contributed by atoms with van der Waals surface area (Å²) in [6.07, 6.45) is 1.84. The highest BCUT2D eigenvalue weighted by molar-refractivity contribution is 7.09. The van der Waals surface area contributed by atoms with Gasteiger partial charge in [-0.25, -0.2) is 4.98 Å². The summed E-state index contributed by atoms with van der Waals surface area (Å²) < 4.78 is 0. The summed E-state index contributed by atoms with van der Waals surface area (Å²) >= 11 is 1.59. The lowest BCUT2D eigenvalue weighted by atomic mass is 10.1. The number of H-pyrrole nitrogens is 1. The molecule has 20 heavy (non-hydrogen) atoms. The number of fused-ring (bicyclic) bond motifs is 1. The summed E-state index contributed by atoms with van der Waals surface area (Å²) in [4.78, 5) is 21.0. The molecule has 2 aromatic heterocycles. The molecule has 0 aliphatic carbocycles. The first-order valence-electron chi connectivity index (χ1n) is 6.44. The summed E-state index contributed by atoms with van der Waals surface area (Å²) in [5, 5.41) is 4.04. The summed E-state index contributed by atoms with van der Waals surface area (Å²) in [6.45, 7) is 3.97. The van der Waals surface area contributed by atoms with E-state index in [1.807, 2.05) is 44.3 Å². The fourth-order valence-electron chi connectivity index (χ4n) is 2.35. The minimum Gasteiger partial charge on any atom is -0.361 e. The minimum absolute atomic E-state index is 0.0852. The maximum Gasteiger partial charge on any atom is 0.253 e. The number of nitrogens with one attached hydrogen (secondary N) is 2. The molecule has 1 amide bonds. The maximum absolute atomic E-state index is 12.4. The van der Waals surface area contributed by atoms with Gasteiger partial charge in [-0.2, -0.15) is 0 Å². The number of nitrogens with zero attached hydrogens (tertiary/aromatic N) is 1. The monoisotopic (exact) mass is 285 g/mol. The number of aromatic amines is 1. The van der Waals surface area contributed by atoms with Crippen LogP contribution in [0.4, 0.5) is 0 Å². The second-order valence-electron chi connectivity index (χ2n) is 4.74. The van der Waals surface area contributed by atoms with Gasteiger partial charge in [0.25, 0.3) is 5.91 Å². The van der Waals surface area contributed by atoms with E-state index < -0.39 is 0 Å². The van der Waals surface area contributed by atoms with Gasteiger partial charge in [0, 0.05) is 16.5 Å². The van der Waals surface area contributed by atoms with Crippen molar-refractivity contribution >= 4 is 28.1 Å². The molecule has 0 bridgehead atoms. The number of benzene rings is 1. The molecule has 5 heteroatoms. The van der Waals surface area contributed by atoms with Crippen molar-refractivity contribution in [2.75, 3.05) is 0 Å². The van der Waals surface area contributed by atoms with Gasteiger partial charge < -0.3 is 10.3 Å². The summed E-state index contributed by atoms with van der Waals surface area (Å²) in [6, 6.07) is 7.56. The Morgan fingerprint density at radius 1 is 1.40 bits per heavy atom. The summed E-state index contributed by atoms with van der Waals surface area (Å²) in [5.74, 6) is -0.0852. The number of para-hydroxylation sites is 1. The van der Waals surface area contributed by atoms with Crippen LogP contribution in [0.2, 0.25) is 0 Å². The third kappa shape index (κ3) is 2.20. The van der Waals surface area contributed by atoms with E-state index in [2.05, 4.69) is 15.3 Å². The molecule has 0 radical (unpaired) electrons. The van der Waals surface area contributed by atoms with Crippen molar-refractivity contribution in [2.45, 2.75) is 19.9 Å². The van der Waals surface area contributed by atoms with Crippen LogP contribution < -0.4 is 5.32 Å². The average molecular weight is 285 g/mol. The Balaban J connectivity index is 1.86. The van der Waals surface area contributed by atoms with Gasteiger partial charge in [-0.15, -0.1) is 11.3 Å². The van der Waals surface area contributed by atoms with Crippen molar-refractivity contribution in [3.63, 3.8) is 0 Å². The van der Waals surface area contributed by atoms with E-state index in [4.69, 9.17) is 0 Å². The minimum atomic E-state index is -0.0982. The number of carbonyl (C=O) groups is 1. The number of carbonyl (C=O) groups excluding carboxylic acids is 1. The van der Waals surface area contributed by atoms with E-state index in [1.54, 1.807) is 16.8 Å². The van der Waals surface area contributed by atoms with Crippen molar-refractivity contribution < 1.29 is 4.79 Å². The van der Waals surface area contributed by atoms with Crippen LogP contribution in [0.15, 0.2) is 36.0 Å². The first-order chi connectivity index (χ1) is 9.66. The Morgan fingerprint density at radius 2 is 2.25 bits per heavy atom. The molecule has 2 heterocycles. The van der Waals surface area contributed by atoms with Crippen molar-refractivity contribution in [3.8, 4) is 0 Å². The molecule has 1 atom stereocenters. The number of hydrogen-bond acceptors (Lipinski definition) is 3. The van der Waals surface area contributed by atoms with Crippen LogP contribution in [0.1, 0.15) is 33.9 Å². The molecule has 0 spiro atoms. The Kier molecular flexibility index (Phi) is 3.28. The Hall–Kier alpha value is -2.14. The second kappa shape index (κ2) is 5.09. The predicted molar refractivity (Wildman–Crippen MR) is 81.0 cm³/mol. The molecule has 3 rings (SSSR count). The SMILES string of the molecule is Cc1scnc1C(C)NC(=O)c1cccc2cc[nH]c12. The van der Waals surface area contributed by atoms with Crippen molar-refractivity contribution in [2.24, 2.45) is 0 Å². The molecule has 0 saturated carbocycles. The zero-order chi connectivity index (χ0) is 14.1. The molecule has 2 N–H and O–H groups in total. The molecule has 1 aromatic carbocycles. The number of hydrogen-bond donors (Lipinski definition) is 2. The smallest absolute Gasteiger partial charge is 0.253 e. The third-order valence-corrected chi connectivity index (χ3v) is 4.15. The molecule has 3 aromatic rings. The standard InChI is InChI=1S/C15H15N3OS/c1-9(13-10(2)20-8-17-13)18-15(19)12-5-3-4-11-6-7-16-14(11)12/h3-9,16H,1-2H3,(H,18,19). The predicted octanol–water partition coefficient (Wildman–Crippen LogP) is 3.42. The van der Waals surface area contributed by atoms with Crippen LogP contribution in [-0.4, -0.2) is 15.9 Å². The zero-order valence-corrected chi connectivity index (χ0v) is 12.1. The van der Waals surface area contributed by atoms with Crippen LogP contribution in [0.3, 0.4) is 0 Å². The zero-order valence-electron chi connectivity index (χ0n) is 11.3. The van der Waals surface area contributed by atoms with Gasteiger partial charge in [-0.05, 0) is 26.0 Å². The van der Waals surface area contributed by atoms with Crippen molar-refractivity contribution in [1.29, 1.82) is 0 Å². The first-order valence-corrected chi connectivity index (χ1v) is 7.31. The molecule has 4 nitrogen and oxygen atoms in total. The molecule has 0 aliphatic rings. The van der Waals surface area contributed by atoms with Crippen LogP contribution >= 0.6 is 11.3 Å². The molecular formula is C15H15N3OS. The van der Waals surface area contributed by atoms with Gasteiger partial charge in [-0.1, -0.05) is 12.1 Å². The second-order valence-corrected chi connectivity index (χ2v) is 5.80. The normalized spacial score (nSPS) is 12.5. The van der Waals surface area contributed by atoms with E-state index in [1.165, 1.54) is 0 Å². The van der Waals surface area contributed by atoms with E-state index in [9.17, 15) is 4.79 Å². The first kappa shape index (κ1) is 12.9. The summed E-state index contributed by atoms with van der Waals surface area (Å²) in [7, 11) is 0. The molecule has 0 fully saturated rings. The maximum atomic E-state index is 12.4. The average Bonchev–Trinajstić information content (AvgIpc) is 3.05. The van der Waals surface area contributed by atoms with Gasteiger partial charge in [0.15, 0.2) is 0 Å². The van der Waals surface area contributed by atoms with Crippen LogP contribution in [0.5, 0.6) is 0 Å². The Labute approximate surface area is 120 Å². The number of aromatic nitrogens is 2. The van der Waals surface area contributed by atoms with Gasteiger partial charge in [-0.3, -0.25) is 4.79 Å². The van der Waals surface area contributed by atoms with Crippen molar-refractivity contribution in [3.05, 3.63) is 52.1 Å². The third-order valence-electron chi connectivity index (χ3n) is 3.37. The van der Waals surface area contributed by atoms with Gasteiger partial charge in [0.2, 0.25) is 0 Å². The lowest BCUT2D eigenvalue weighted by Crippen LogP contribution is -2.27. The number of thiazole rings is 1. The van der Waals surface area contributed by atoms with Crippen LogP contribution in [-0.2, 0) is 0 Å². The number of aryl methyl sites for hydroxylation is 1. The largest absolute Gasteiger partial charge is 0.361 e. The van der Waals surface area contributed by atoms with Gasteiger partial charge in [0.1, 0.15) is 0 Å². The van der Waals surface area contributed by atoms with Crippen LogP contribution in [0.25, 0.3) is 10.9 Å². The highest BCUT2D eigenvalue weighted by atomic mass is 32.1. The van der Waals surface area contributed by atoms with E-state index in [0.717, 1.165) is 21.5 Å². The molecular weight excluding hydrogens is 270 g/mol. The van der Waals surface area contributed by atoms with Crippen molar-refractivity contribution in [1.82, 2.24) is 15.3 Å². The van der Waals surface area contributed by atoms with E-state index in [0.29, 0.717) is 5.56 Å². The topological polar surface area (TPSA) is 57.8 Å². The lowest BCUT2D eigenvalue weighted by Gasteiger charge is -2.13. The molecule has 102 valence electrons. The molecule has 1 unspecified atom stereocenters. The quantitative estimate of drug-likeness (QED) is 0.774. The fourth-order valence-corrected chi connectivity index (χ4v) is 3.02. The van der Waals surface area contributed by atoms with E-state index in [-0.39, 0.29) is 11.9 Å². The lowest BCUT2D eigenvalue weighted by molar-refractivity contribution is 0.0940. The van der Waals surface area contributed by atoms with Crippen LogP contribution in [0, 0.1) is 6.92 Å². The fraction of sp³-hybridized carbons (Fsp3) is 0.200. The highest BCUT2D eigenvalue weighted by Crippen LogP contribution is 2.21. The Morgan fingerprint density at radius 3 is 3.00 bits per heavy atom. The summed E-state index contributed by atoms with van der Waals surface area (Å²) in [5.41, 5.74) is 4.26.